The summed E-state index contributed by atoms with van der Waals surface area (Å²) in [4.78, 5) is 17.7. The normalized spacial score (nSPS) is 13.5. The Labute approximate surface area is 251 Å². The number of imidazole rings is 1. The molecule has 0 bridgehead atoms. The van der Waals surface area contributed by atoms with Crippen molar-refractivity contribution in [2.45, 2.75) is 0 Å². The first-order valence-corrected chi connectivity index (χ1v) is 15.0. The van der Waals surface area contributed by atoms with Gasteiger partial charge in [0.2, 0.25) is 5.95 Å². The van der Waals surface area contributed by atoms with Crippen molar-refractivity contribution in [3.8, 4) is 22.6 Å². The van der Waals surface area contributed by atoms with Crippen molar-refractivity contribution < 1.29 is 4.74 Å². The van der Waals surface area contributed by atoms with Crippen molar-refractivity contribution in [3.63, 3.8) is 0 Å². The SMILES string of the molecule is c1cc(Nc2n[nH]c3ccccc23)cc(-c2nc3sccn3c2-c2ccnc(Nc3ccc(N4CCOCC4)cc3)n2)c1. The van der Waals surface area contributed by atoms with Gasteiger partial charge < -0.3 is 20.3 Å². The maximum atomic E-state index is 5.48. The summed E-state index contributed by atoms with van der Waals surface area (Å²) in [6.07, 6.45) is 3.81. The molecule has 0 amide bonds. The Bertz CT molecular complexity index is 2040. The second-order valence-corrected chi connectivity index (χ2v) is 11.1. The second-order valence-electron chi connectivity index (χ2n) is 10.2. The van der Waals surface area contributed by atoms with Crippen LogP contribution in [0.2, 0.25) is 0 Å². The van der Waals surface area contributed by atoms with Crippen LogP contribution in [0.4, 0.5) is 28.8 Å². The van der Waals surface area contributed by atoms with E-state index in [0.717, 1.165) is 82.0 Å². The molecule has 4 aromatic heterocycles. The molecule has 3 N–H and O–H groups in total. The van der Waals surface area contributed by atoms with E-state index in [1.54, 1.807) is 17.5 Å². The zero-order valence-electron chi connectivity index (χ0n) is 23.1. The zero-order valence-corrected chi connectivity index (χ0v) is 23.9. The van der Waals surface area contributed by atoms with E-state index in [-0.39, 0.29) is 0 Å². The Morgan fingerprint density at radius 2 is 1.74 bits per heavy atom. The second kappa shape index (κ2) is 10.9. The van der Waals surface area contributed by atoms with Crippen LogP contribution >= 0.6 is 11.3 Å². The molecule has 1 saturated heterocycles. The molecule has 0 radical (unpaired) electrons. The Balaban J connectivity index is 1.10. The molecule has 43 heavy (non-hydrogen) atoms. The first-order chi connectivity index (χ1) is 21.3. The Morgan fingerprint density at radius 1 is 0.860 bits per heavy atom. The molecule has 1 aliphatic heterocycles. The Morgan fingerprint density at radius 3 is 2.65 bits per heavy atom. The molecule has 7 aromatic rings. The summed E-state index contributed by atoms with van der Waals surface area (Å²) in [5, 5.41) is 17.5. The topological polar surface area (TPSA) is 108 Å². The molecule has 8 rings (SSSR count). The summed E-state index contributed by atoms with van der Waals surface area (Å²) in [7, 11) is 0. The number of benzene rings is 3. The van der Waals surface area contributed by atoms with Crippen LogP contribution in [0.15, 0.2) is 96.6 Å². The highest BCUT2D eigenvalue weighted by molar-refractivity contribution is 7.15. The number of para-hydroxylation sites is 1. The number of rotatable bonds is 7. The van der Waals surface area contributed by atoms with E-state index in [2.05, 4.69) is 71.5 Å². The molecule has 10 nitrogen and oxygen atoms in total. The number of thiazole rings is 1. The van der Waals surface area contributed by atoms with Crippen molar-refractivity contribution in [1.82, 2.24) is 29.5 Å². The van der Waals surface area contributed by atoms with Crippen LogP contribution in [0.25, 0.3) is 38.5 Å². The quantitative estimate of drug-likeness (QED) is 0.189. The lowest BCUT2D eigenvalue weighted by Gasteiger charge is -2.28. The third-order valence-corrected chi connectivity index (χ3v) is 8.29. The molecule has 0 atom stereocenters. The van der Waals surface area contributed by atoms with Gasteiger partial charge in [0.25, 0.3) is 0 Å². The van der Waals surface area contributed by atoms with Gasteiger partial charge in [-0.25, -0.2) is 15.0 Å². The fraction of sp³-hybridized carbons (Fsp3) is 0.125. The summed E-state index contributed by atoms with van der Waals surface area (Å²) in [6.45, 7) is 3.33. The molecule has 11 heteroatoms. The predicted molar refractivity (Wildman–Crippen MR) is 172 cm³/mol. The number of anilines is 5. The van der Waals surface area contributed by atoms with Crippen molar-refractivity contribution in [3.05, 3.63) is 96.6 Å². The largest absolute Gasteiger partial charge is 0.378 e. The molecule has 0 unspecified atom stereocenters. The summed E-state index contributed by atoms with van der Waals surface area (Å²) in [5.41, 5.74) is 7.52. The number of aromatic amines is 1. The molecule has 1 fully saturated rings. The highest BCUT2D eigenvalue weighted by Crippen LogP contribution is 2.35. The first-order valence-electron chi connectivity index (χ1n) is 14.1. The van der Waals surface area contributed by atoms with Crippen LogP contribution in [0.1, 0.15) is 0 Å². The summed E-state index contributed by atoms with van der Waals surface area (Å²) in [6, 6.07) is 26.6. The van der Waals surface area contributed by atoms with Gasteiger partial charge in [0.15, 0.2) is 10.8 Å². The van der Waals surface area contributed by atoms with Crippen molar-refractivity contribution in [2.24, 2.45) is 0 Å². The standard InChI is InChI=1S/C32H27N9OS/c1-2-7-26-25(6-1)30(39-38-26)34-23-5-3-4-21(20-23)28-29(41-16-19-43-32(41)37-28)27-12-13-33-31(36-27)35-22-8-10-24(11-9-22)40-14-17-42-18-15-40/h1-13,16,19-20H,14-15,17-18H2,(H,33,35,36)(H2,34,38,39). The lowest BCUT2D eigenvalue weighted by Crippen LogP contribution is -2.36. The minimum absolute atomic E-state index is 0.522. The van der Waals surface area contributed by atoms with Gasteiger partial charge in [-0.05, 0) is 54.6 Å². The number of aromatic nitrogens is 6. The number of ether oxygens (including phenoxy) is 1. The number of nitrogens with one attached hydrogen (secondary N) is 3. The third kappa shape index (κ3) is 4.94. The minimum atomic E-state index is 0.522. The van der Waals surface area contributed by atoms with Gasteiger partial charge in [0.1, 0.15) is 5.69 Å². The van der Waals surface area contributed by atoms with Gasteiger partial charge in [0.05, 0.1) is 30.1 Å². The van der Waals surface area contributed by atoms with Crippen LogP contribution in [-0.2, 0) is 4.74 Å². The number of hydrogen-bond acceptors (Lipinski definition) is 9. The maximum Gasteiger partial charge on any atom is 0.227 e. The maximum absolute atomic E-state index is 5.48. The summed E-state index contributed by atoms with van der Waals surface area (Å²) >= 11 is 1.59. The number of morpholine rings is 1. The molecule has 5 heterocycles. The third-order valence-electron chi connectivity index (χ3n) is 7.53. The van der Waals surface area contributed by atoms with Gasteiger partial charge >= 0.3 is 0 Å². The Hall–Kier alpha value is -5.26. The van der Waals surface area contributed by atoms with Gasteiger partial charge in [-0.2, -0.15) is 5.10 Å². The van der Waals surface area contributed by atoms with Crippen molar-refractivity contribution in [2.75, 3.05) is 41.8 Å². The Kier molecular flexibility index (Phi) is 6.43. The minimum Gasteiger partial charge on any atom is -0.378 e. The molecule has 0 saturated carbocycles. The molecule has 1 aliphatic rings. The number of hydrogen-bond donors (Lipinski definition) is 3. The van der Waals surface area contributed by atoms with Crippen molar-refractivity contribution >= 4 is 56.0 Å². The highest BCUT2D eigenvalue weighted by Gasteiger charge is 2.19. The fourth-order valence-electron chi connectivity index (χ4n) is 5.43. The van der Waals surface area contributed by atoms with Gasteiger partial charge in [-0.1, -0.05) is 24.3 Å². The first kappa shape index (κ1) is 25.5. The number of H-pyrrole nitrogens is 1. The van der Waals surface area contributed by atoms with Gasteiger partial charge in [0, 0.05) is 58.9 Å². The van der Waals surface area contributed by atoms with Crippen molar-refractivity contribution in [1.29, 1.82) is 0 Å². The molecule has 212 valence electrons. The molecule has 0 aliphatic carbocycles. The van der Waals surface area contributed by atoms with E-state index < -0.39 is 0 Å². The van der Waals surface area contributed by atoms with E-state index in [4.69, 9.17) is 14.7 Å². The van der Waals surface area contributed by atoms with E-state index in [9.17, 15) is 0 Å². The van der Waals surface area contributed by atoms with Gasteiger partial charge in [-0.15, -0.1) is 11.3 Å². The lowest BCUT2D eigenvalue weighted by molar-refractivity contribution is 0.122. The molecule has 0 spiro atoms. The average Bonchev–Trinajstić information content (AvgIpc) is 3.78. The molecular formula is C32H27N9OS. The van der Waals surface area contributed by atoms with Crippen LogP contribution < -0.4 is 15.5 Å². The van der Waals surface area contributed by atoms with Crippen LogP contribution in [0, 0.1) is 0 Å². The average molecular weight is 586 g/mol. The van der Waals surface area contributed by atoms with E-state index in [0.29, 0.717) is 5.95 Å². The van der Waals surface area contributed by atoms with E-state index >= 15 is 0 Å². The predicted octanol–water partition coefficient (Wildman–Crippen LogP) is 6.72. The monoisotopic (exact) mass is 585 g/mol. The van der Waals surface area contributed by atoms with Crippen LogP contribution in [-0.4, -0.2) is 55.9 Å². The van der Waals surface area contributed by atoms with Crippen LogP contribution in [0.3, 0.4) is 0 Å². The highest BCUT2D eigenvalue weighted by atomic mass is 32.1. The number of fused-ring (bicyclic) bond motifs is 2. The molecule has 3 aromatic carbocycles. The van der Waals surface area contributed by atoms with Crippen LogP contribution in [0.5, 0.6) is 0 Å². The van der Waals surface area contributed by atoms with E-state index in [1.807, 2.05) is 54.0 Å². The fourth-order valence-corrected chi connectivity index (χ4v) is 6.14. The zero-order chi connectivity index (χ0) is 28.6. The van der Waals surface area contributed by atoms with Gasteiger partial charge in [-0.3, -0.25) is 9.50 Å². The smallest absolute Gasteiger partial charge is 0.227 e. The molecular weight excluding hydrogens is 558 g/mol. The lowest BCUT2D eigenvalue weighted by atomic mass is 10.1. The summed E-state index contributed by atoms with van der Waals surface area (Å²) < 4.78 is 7.57. The summed E-state index contributed by atoms with van der Waals surface area (Å²) in [5.74, 6) is 1.30. The van der Waals surface area contributed by atoms with E-state index in [1.165, 1.54) is 5.69 Å². The number of nitrogens with zero attached hydrogens (tertiary/aromatic N) is 6.